The molecule has 1 aliphatic carbocycles. The van der Waals surface area contributed by atoms with E-state index in [1.165, 1.54) is 11.3 Å². The van der Waals surface area contributed by atoms with Gasteiger partial charge in [0.05, 0.1) is 0 Å². The SMILES string of the molecule is N#CC(C#N)=C1/C(=C\c2ccc(N(c3ccc4ccccc4c3)c3ccccn3)s2)C(=O)c2c1ccc1ccccc21. The van der Waals surface area contributed by atoms with E-state index >= 15 is 0 Å². The highest BCUT2D eigenvalue weighted by atomic mass is 32.1. The fraction of sp³-hybridized carbons (Fsp3) is 0. The Morgan fingerprint density at radius 2 is 1.52 bits per heavy atom. The molecule has 6 aromatic rings. The molecule has 2 heterocycles. The summed E-state index contributed by atoms with van der Waals surface area (Å²) >= 11 is 1.51. The lowest BCUT2D eigenvalue weighted by Gasteiger charge is -2.22. The second kappa shape index (κ2) is 10.3. The number of Topliss-reactive ketones (excluding diaryl/α,β-unsaturated/α-hetero) is 1. The number of carbonyl (C=O) groups is 1. The molecule has 7 rings (SSSR count). The van der Waals surface area contributed by atoms with Crippen LogP contribution in [0.25, 0.3) is 33.2 Å². The Morgan fingerprint density at radius 3 is 2.31 bits per heavy atom. The number of benzene rings is 4. The molecule has 0 atom stereocenters. The van der Waals surface area contributed by atoms with Gasteiger partial charge in [-0.3, -0.25) is 9.69 Å². The molecule has 0 saturated carbocycles. The van der Waals surface area contributed by atoms with Crippen LogP contribution in [0.3, 0.4) is 0 Å². The molecule has 0 N–H and O–H groups in total. The van der Waals surface area contributed by atoms with Gasteiger partial charge in [0.25, 0.3) is 0 Å². The van der Waals surface area contributed by atoms with E-state index in [9.17, 15) is 15.3 Å². The Balaban J connectivity index is 1.37. The van der Waals surface area contributed by atoms with Crippen molar-refractivity contribution in [2.24, 2.45) is 0 Å². The molecule has 4 aromatic carbocycles. The number of carbonyl (C=O) groups excluding carboxylic acids is 1. The van der Waals surface area contributed by atoms with Crippen molar-refractivity contribution in [3.05, 3.63) is 143 Å². The fourth-order valence-electron chi connectivity index (χ4n) is 5.52. The summed E-state index contributed by atoms with van der Waals surface area (Å²) in [6.45, 7) is 0. The molecule has 0 unspecified atom stereocenters. The van der Waals surface area contributed by atoms with E-state index in [1.54, 1.807) is 12.3 Å². The zero-order valence-corrected chi connectivity index (χ0v) is 23.0. The van der Waals surface area contributed by atoms with Crippen molar-refractivity contribution in [3.63, 3.8) is 0 Å². The average molecular weight is 557 g/mol. The number of thiophene rings is 1. The largest absolute Gasteiger partial charge is 0.289 e. The van der Waals surface area contributed by atoms with E-state index in [2.05, 4.69) is 40.2 Å². The summed E-state index contributed by atoms with van der Waals surface area (Å²) in [5.74, 6) is 0.576. The van der Waals surface area contributed by atoms with E-state index in [0.29, 0.717) is 22.3 Å². The molecule has 0 aliphatic heterocycles. The van der Waals surface area contributed by atoms with E-state index in [0.717, 1.165) is 42.9 Å². The number of fused-ring (bicyclic) bond motifs is 4. The minimum Gasteiger partial charge on any atom is -0.289 e. The van der Waals surface area contributed by atoms with Crippen LogP contribution in [-0.2, 0) is 0 Å². The van der Waals surface area contributed by atoms with E-state index in [4.69, 9.17) is 0 Å². The fourth-order valence-corrected chi connectivity index (χ4v) is 6.50. The zero-order valence-electron chi connectivity index (χ0n) is 22.2. The third-order valence-corrected chi connectivity index (χ3v) is 8.42. The molecule has 6 heteroatoms. The van der Waals surface area contributed by atoms with Crippen LogP contribution < -0.4 is 4.90 Å². The molecule has 0 spiro atoms. The first kappa shape index (κ1) is 25.2. The second-order valence-electron chi connectivity index (χ2n) is 9.80. The number of nitrogens with zero attached hydrogens (tertiary/aromatic N) is 4. The number of allylic oxidation sites excluding steroid dienone is 3. The molecule has 5 nitrogen and oxygen atoms in total. The Morgan fingerprint density at radius 1 is 0.786 bits per heavy atom. The Hall–Kier alpha value is -5.82. The lowest BCUT2D eigenvalue weighted by molar-refractivity contribution is 0.104. The topological polar surface area (TPSA) is 80.8 Å². The van der Waals surface area contributed by atoms with Crippen LogP contribution in [0.4, 0.5) is 16.5 Å². The third kappa shape index (κ3) is 4.15. The molecular formula is C36H20N4OS. The summed E-state index contributed by atoms with van der Waals surface area (Å²) in [5.41, 5.74) is 2.76. The molecule has 196 valence electrons. The summed E-state index contributed by atoms with van der Waals surface area (Å²) < 4.78 is 0. The first-order valence-electron chi connectivity index (χ1n) is 13.3. The quantitative estimate of drug-likeness (QED) is 0.160. The van der Waals surface area contributed by atoms with Gasteiger partial charge >= 0.3 is 0 Å². The minimum absolute atomic E-state index is 0.0771. The van der Waals surface area contributed by atoms with Gasteiger partial charge in [-0.25, -0.2) is 4.98 Å². The van der Waals surface area contributed by atoms with Crippen LogP contribution in [0.15, 0.2) is 127 Å². The average Bonchev–Trinajstić information content (AvgIpc) is 3.61. The number of nitriles is 2. The Kier molecular flexibility index (Phi) is 6.17. The monoisotopic (exact) mass is 556 g/mol. The third-order valence-electron chi connectivity index (χ3n) is 7.40. The maximum absolute atomic E-state index is 13.9. The molecule has 42 heavy (non-hydrogen) atoms. The van der Waals surface area contributed by atoms with Crippen molar-refractivity contribution in [2.75, 3.05) is 4.90 Å². The van der Waals surface area contributed by atoms with Gasteiger partial charge in [-0.2, -0.15) is 10.5 Å². The van der Waals surface area contributed by atoms with Crippen LogP contribution >= 0.6 is 11.3 Å². The summed E-state index contributed by atoms with van der Waals surface area (Å²) in [6, 6.07) is 39.7. The molecule has 0 radical (unpaired) electrons. The summed E-state index contributed by atoms with van der Waals surface area (Å²) in [7, 11) is 0. The van der Waals surface area contributed by atoms with Crippen LogP contribution in [0.5, 0.6) is 0 Å². The van der Waals surface area contributed by atoms with Crippen molar-refractivity contribution in [2.45, 2.75) is 0 Å². The zero-order chi connectivity index (χ0) is 28.6. The molecule has 1 aliphatic rings. The lowest BCUT2D eigenvalue weighted by Crippen LogP contribution is -2.09. The molecule has 0 bridgehead atoms. The van der Waals surface area contributed by atoms with Gasteiger partial charge in [-0.05, 0) is 69.6 Å². The van der Waals surface area contributed by atoms with Gasteiger partial charge < -0.3 is 0 Å². The molecule has 0 fully saturated rings. The van der Waals surface area contributed by atoms with Crippen molar-refractivity contribution in [1.29, 1.82) is 10.5 Å². The van der Waals surface area contributed by atoms with Crippen LogP contribution in [-0.4, -0.2) is 10.8 Å². The maximum atomic E-state index is 13.9. The van der Waals surface area contributed by atoms with Crippen LogP contribution in [0.2, 0.25) is 0 Å². The van der Waals surface area contributed by atoms with Gasteiger partial charge in [0.1, 0.15) is 28.5 Å². The van der Waals surface area contributed by atoms with Crippen LogP contribution in [0, 0.1) is 22.7 Å². The number of hydrogen-bond acceptors (Lipinski definition) is 6. The van der Waals surface area contributed by atoms with Gasteiger partial charge in [0.2, 0.25) is 0 Å². The smallest absolute Gasteiger partial charge is 0.195 e. The number of hydrogen-bond donors (Lipinski definition) is 0. The number of ketones is 1. The van der Waals surface area contributed by atoms with Gasteiger partial charge in [0, 0.05) is 33.5 Å². The van der Waals surface area contributed by atoms with Gasteiger partial charge in [-0.1, -0.05) is 72.8 Å². The standard InChI is InChI=1S/C36H20N4OS/c37-21-26(22-38)34-30-16-13-24-8-3-4-10-29(24)35(30)36(41)31(34)20-28-15-17-33(42-28)40(32-11-5-6-18-39-32)27-14-12-23-7-1-2-9-25(23)19-27/h1-20H/b31-20+. The van der Waals surface area contributed by atoms with Crippen LogP contribution in [0.1, 0.15) is 20.8 Å². The predicted octanol–water partition coefficient (Wildman–Crippen LogP) is 9.00. The second-order valence-corrected chi connectivity index (χ2v) is 10.9. The highest BCUT2D eigenvalue weighted by molar-refractivity contribution is 7.17. The first-order chi connectivity index (χ1) is 20.7. The highest BCUT2D eigenvalue weighted by Crippen LogP contribution is 2.45. The summed E-state index contributed by atoms with van der Waals surface area (Å²) in [6.07, 6.45) is 3.56. The van der Waals surface area contributed by atoms with Crippen molar-refractivity contribution >= 4 is 66.8 Å². The maximum Gasteiger partial charge on any atom is 0.195 e. The number of aromatic nitrogens is 1. The van der Waals surface area contributed by atoms with E-state index in [1.807, 2.05) is 91.0 Å². The highest BCUT2D eigenvalue weighted by Gasteiger charge is 2.34. The molecule has 0 saturated heterocycles. The van der Waals surface area contributed by atoms with Crippen molar-refractivity contribution < 1.29 is 4.79 Å². The lowest BCUT2D eigenvalue weighted by atomic mass is 9.97. The predicted molar refractivity (Wildman–Crippen MR) is 169 cm³/mol. The Bertz CT molecular complexity index is 2180. The minimum atomic E-state index is -0.189. The molecule has 2 aromatic heterocycles. The van der Waals surface area contributed by atoms with Gasteiger partial charge in [0.15, 0.2) is 5.78 Å². The van der Waals surface area contributed by atoms with Crippen molar-refractivity contribution in [3.8, 4) is 12.1 Å². The van der Waals surface area contributed by atoms with E-state index in [-0.39, 0.29) is 11.4 Å². The number of pyridine rings is 1. The number of anilines is 3. The van der Waals surface area contributed by atoms with E-state index < -0.39 is 0 Å². The Labute approximate surface area is 246 Å². The number of rotatable bonds is 4. The first-order valence-corrected chi connectivity index (χ1v) is 14.1. The molecular weight excluding hydrogens is 536 g/mol. The molecule has 0 amide bonds. The van der Waals surface area contributed by atoms with Crippen molar-refractivity contribution in [1.82, 2.24) is 4.98 Å². The summed E-state index contributed by atoms with van der Waals surface area (Å²) in [4.78, 5) is 21.5. The normalized spacial score (nSPS) is 13.2. The van der Waals surface area contributed by atoms with Gasteiger partial charge in [-0.15, -0.1) is 11.3 Å². The summed E-state index contributed by atoms with van der Waals surface area (Å²) in [5, 5.41) is 24.6.